The molecule has 3 aliphatic rings. The summed E-state index contributed by atoms with van der Waals surface area (Å²) in [5, 5.41) is 8.49. The van der Waals surface area contributed by atoms with E-state index in [1.165, 1.54) is 18.2 Å². The summed E-state index contributed by atoms with van der Waals surface area (Å²) in [7, 11) is -1.89. The van der Waals surface area contributed by atoms with E-state index in [2.05, 4.69) is 60.5 Å². The Labute approximate surface area is 466 Å². The fourth-order valence-corrected chi connectivity index (χ4v) is 10.8. The molecule has 23 heteroatoms. The number of methoxy groups -OCH3 is 1. The number of ether oxygens (including phenoxy) is 3. The Hall–Kier alpha value is -6.92. The maximum atomic E-state index is 14.3. The molecular formula is C57H72F3N11O8S. The molecule has 3 amide bonds. The number of anilines is 5. The number of fused-ring (bicyclic) bond motifs is 1. The first kappa shape index (κ1) is 59.2. The number of nitrogens with zero attached hydrogens (tertiary/aromatic N) is 8. The number of amides is 3. The number of piperazine rings is 2. The van der Waals surface area contributed by atoms with Crippen molar-refractivity contribution in [2.75, 3.05) is 113 Å². The molecule has 430 valence electrons. The summed E-state index contributed by atoms with van der Waals surface area (Å²) in [6, 6.07) is 22.2. The number of para-hydroxylation sites is 1. The van der Waals surface area contributed by atoms with E-state index >= 15 is 0 Å². The summed E-state index contributed by atoms with van der Waals surface area (Å²) >= 11 is 0. The van der Waals surface area contributed by atoms with Gasteiger partial charge in [0.2, 0.25) is 17.8 Å². The van der Waals surface area contributed by atoms with Gasteiger partial charge in [0.05, 0.1) is 42.0 Å². The van der Waals surface area contributed by atoms with Gasteiger partial charge in [-0.05, 0) is 92.9 Å². The zero-order chi connectivity index (χ0) is 57.6. The highest BCUT2D eigenvalue weighted by Gasteiger charge is 2.43. The van der Waals surface area contributed by atoms with Crippen LogP contribution >= 0.6 is 0 Å². The number of alkyl halides is 3. The molecule has 0 unspecified atom stereocenters. The van der Waals surface area contributed by atoms with Gasteiger partial charge in [-0.2, -0.15) is 18.2 Å². The van der Waals surface area contributed by atoms with Gasteiger partial charge in [-0.15, -0.1) is 0 Å². The first-order valence-corrected chi connectivity index (χ1v) is 28.5. The van der Waals surface area contributed by atoms with Crippen LogP contribution in [0.5, 0.6) is 5.75 Å². The van der Waals surface area contributed by atoms with Crippen molar-refractivity contribution in [3.8, 4) is 5.75 Å². The Balaban J connectivity index is 0.789. The minimum absolute atomic E-state index is 0.0396. The van der Waals surface area contributed by atoms with E-state index < -0.39 is 33.0 Å². The van der Waals surface area contributed by atoms with Gasteiger partial charge in [-0.1, -0.05) is 44.2 Å². The zero-order valence-electron chi connectivity index (χ0n) is 46.6. The third-order valence-electron chi connectivity index (χ3n) is 14.2. The lowest BCUT2D eigenvalue weighted by Crippen LogP contribution is -2.62. The van der Waals surface area contributed by atoms with Crippen LogP contribution in [0.4, 0.5) is 46.8 Å². The Kier molecular flexibility index (Phi) is 18.4. The Morgan fingerprint density at radius 2 is 1.56 bits per heavy atom. The van der Waals surface area contributed by atoms with Crippen LogP contribution < -0.4 is 25.6 Å². The molecule has 3 aromatic carbocycles. The van der Waals surface area contributed by atoms with Gasteiger partial charge >= 0.3 is 12.3 Å². The quantitative estimate of drug-likeness (QED) is 0.0735. The molecule has 2 saturated heterocycles. The Morgan fingerprint density at radius 3 is 2.26 bits per heavy atom. The number of benzene rings is 3. The molecule has 80 heavy (non-hydrogen) atoms. The van der Waals surface area contributed by atoms with Crippen LogP contribution in [0.15, 0.2) is 96.2 Å². The Morgan fingerprint density at radius 1 is 0.850 bits per heavy atom. The number of rotatable bonds is 19. The summed E-state index contributed by atoms with van der Waals surface area (Å²) in [5.41, 5.74) is 3.00. The van der Waals surface area contributed by atoms with Crippen molar-refractivity contribution in [1.29, 1.82) is 0 Å². The molecule has 0 aliphatic carbocycles. The monoisotopic (exact) mass is 1130 g/mol. The Bertz CT molecular complexity index is 3120. The number of hydrogen-bond acceptors (Lipinski definition) is 16. The highest BCUT2D eigenvalue weighted by molar-refractivity contribution is 7.90. The number of carbonyl (C=O) groups is 3. The molecule has 0 bridgehead atoms. The van der Waals surface area contributed by atoms with E-state index in [9.17, 15) is 36.0 Å². The smallest absolute Gasteiger partial charge is 0.421 e. The van der Waals surface area contributed by atoms with E-state index in [0.717, 1.165) is 47.6 Å². The molecule has 5 heterocycles. The second kappa shape index (κ2) is 24.8. The highest BCUT2D eigenvalue weighted by atomic mass is 32.2. The van der Waals surface area contributed by atoms with Gasteiger partial charge in [-0.3, -0.25) is 29.3 Å². The molecule has 0 radical (unpaired) electrons. The van der Waals surface area contributed by atoms with Crippen LogP contribution in [0, 0.1) is 0 Å². The molecule has 0 saturated carbocycles. The number of sulfone groups is 1. The lowest BCUT2D eigenvalue weighted by molar-refractivity contribution is -0.137. The van der Waals surface area contributed by atoms with Gasteiger partial charge in [0.1, 0.15) is 29.3 Å². The first-order valence-electron chi connectivity index (χ1n) is 26.6. The van der Waals surface area contributed by atoms with Gasteiger partial charge in [0, 0.05) is 114 Å². The molecule has 2 aromatic heterocycles. The fraction of sp³-hybridized carbons (Fsp3) is 0.474. The molecule has 2 fully saturated rings. The molecular weight excluding hydrogens is 1060 g/mol. The van der Waals surface area contributed by atoms with Gasteiger partial charge in [0.25, 0.3) is 0 Å². The number of aromatic nitrogens is 3. The normalized spacial score (nSPS) is 18.1. The zero-order valence-corrected chi connectivity index (χ0v) is 47.4. The number of halogens is 3. The van der Waals surface area contributed by atoms with Crippen LogP contribution in [0.1, 0.15) is 69.5 Å². The molecule has 8 rings (SSSR count). The number of pyridine rings is 1. The second-order valence-corrected chi connectivity index (χ2v) is 24.3. The van der Waals surface area contributed by atoms with Crippen molar-refractivity contribution < 1.29 is 50.2 Å². The second-order valence-electron chi connectivity index (χ2n) is 22.3. The summed E-state index contributed by atoms with van der Waals surface area (Å²) in [6.07, 6.45) is -0.965. The van der Waals surface area contributed by atoms with E-state index in [4.69, 9.17) is 19.2 Å². The van der Waals surface area contributed by atoms with E-state index in [0.29, 0.717) is 82.0 Å². The summed E-state index contributed by atoms with van der Waals surface area (Å²) in [5.74, 6) is -0.0504. The highest BCUT2D eigenvalue weighted by Crippen LogP contribution is 2.40. The number of hydrogen-bond donors (Lipinski definition) is 3. The third kappa shape index (κ3) is 15.5. The summed E-state index contributed by atoms with van der Waals surface area (Å²) in [6.45, 7) is 17.7. The molecule has 3 N–H and O–H groups in total. The molecule has 2 atom stereocenters. The van der Waals surface area contributed by atoms with Crippen molar-refractivity contribution in [1.82, 2.24) is 34.6 Å². The topological polar surface area (TPSA) is 204 Å². The van der Waals surface area contributed by atoms with E-state index in [1.54, 1.807) is 42.3 Å². The third-order valence-corrected chi connectivity index (χ3v) is 15.3. The van der Waals surface area contributed by atoms with Crippen LogP contribution in [-0.2, 0) is 53.5 Å². The largest absolute Gasteiger partial charge is 0.492 e. The van der Waals surface area contributed by atoms with E-state index in [1.807, 2.05) is 63.1 Å². The number of carbonyl (C=O) groups excluding carboxylic acids is 3. The van der Waals surface area contributed by atoms with Crippen LogP contribution in [-0.4, -0.2) is 171 Å². The predicted molar refractivity (Wildman–Crippen MR) is 299 cm³/mol. The maximum Gasteiger partial charge on any atom is 0.421 e. The van der Waals surface area contributed by atoms with Crippen LogP contribution in [0.3, 0.4) is 0 Å². The molecule has 3 aliphatic heterocycles. The molecule has 19 nitrogen and oxygen atoms in total. The van der Waals surface area contributed by atoms with Gasteiger partial charge in [-0.25, -0.2) is 18.2 Å². The van der Waals surface area contributed by atoms with Crippen molar-refractivity contribution in [3.05, 3.63) is 119 Å². The summed E-state index contributed by atoms with van der Waals surface area (Å²) in [4.78, 5) is 63.5. The average molecular weight is 1130 g/mol. The predicted octanol–water partition coefficient (Wildman–Crippen LogP) is 7.46. The van der Waals surface area contributed by atoms with Crippen molar-refractivity contribution in [3.63, 3.8) is 0 Å². The number of nitrogens with one attached hydrogen (secondary N) is 3. The first-order chi connectivity index (χ1) is 37.8. The minimum Gasteiger partial charge on any atom is -0.492 e. The van der Waals surface area contributed by atoms with Crippen molar-refractivity contribution in [2.24, 2.45) is 0 Å². The van der Waals surface area contributed by atoms with Crippen molar-refractivity contribution in [2.45, 2.75) is 88.7 Å². The van der Waals surface area contributed by atoms with Crippen LogP contribution in [0.2, 0.25) is 0 Å². The SMILES string of the molecule is COC[C@H]1CN(C(=O)OC(C)(C)C)[C@H](C)CN1CC(=O)N1CC(C)(C)c2ncc(Cc3ccccc3OCCN3CCN(CC(=O)Nc4ccc(Nc5ncc(C(F)(F)F)c(NCc6cccc(S(C)(=O)=O)c6)n5)cc4)CC3)cc21. The van der Waals surface area contributed by atoms with Crippen molar-refractivity contribution >= 4 is 56.6 Å². The summed E-state index contributed by atoms with van der Waals surface area (Å²) < 4.78 is 83.4. The fourth-order valence-electron chi connectivity index (χ4n) is 10.1. The average Bonchev–Trinajstić information content (AvgIpc) is 3.75. The molecule has 5 aromatic rings. The van der Waals surface area contributed by atoms with Gasteiger partial charge in [0.15, 0.2) is 9.84 Å². The minimum atomic E-state index is -4.75. The van der Waals surface area contributed by atoms with Gasteiger partial charge < -0.3 is 40.0 Å². The standard InChI is InChI=1S/C57H72F3N11O8S/c1-38-32-69(44(36-77-7)33-70(38)54(74)79-55(2,3)4)35-50(73)71-37-56(5,6)51-47(71)28-40(30-61-51)26-41-13-9-10-15-48(41)78-25-24-67-20-22-68(23-21-67)34-49(72)64-42-16-18-43(19-17-42)65-53-63-31-46(57(58,59)60)52(66-53)62-29-39-12-11-14-45(27-39)80(8,75)76/h9-19,27-28,30-31,38,44H,20-26,29,32-37H2,1-8H3,(H,64,72)(H2,62,63,65,66)/t38-,44-/m1/s1. The van der Waals surface area contributed by atoms with Crippen LogP contribution in [0.25, 0.3) is 0 Å². The molecule has 0 spiro atoms. The van der Waals surface area contributed by atoms with E-state index in [-0.39, 0.29) is 65.9 Å². The lowest BCUT2D eigenvalue weighted by Gasteiger charge is -2.45. The maximum absolute atomic E-state index is 14.3. The lowest BCUT2D eigenvalue weighted by atomic mass is 9.91.